The monoisotopic (exact) mass is 444 g/mol. The third-order valence-corrected chi connectivity index (χ3v) is 5.33. The lowest BCUT2D eigenvalue weighted by Gasteiger charge is -2.37. The van der Waals surface area contributed by atoms with Crippen molar-refractivity contribution in [3.05, 3.63) is 77.9 Å². The van der Waals surface area contributed by atoms with Crippen LogP contribution in [0.25, 0.3) is 0 Å². The Labute approximate surface area is 188 Å². The van der Waals surface area contributed by atoms with E-state index in [0.717, 1.165) is 16.9 Å². The molecule has 3 rings (SSSR count). The van der Waals surface area contributed by atoms with Gasteiger partial charge < -0.3 is 34.3 Å². The fourth-order valence-corrected chi connectivity index (χ4v) is 3.48. The highest BCUT2D eigenvalue weighted by Crippen LogP contribution is 2.24. The van der Waals surface area contributed by atoms with Gasteiger partial charge in [0.15, 0.2) is 0 Å². The van der Waals surface area contributed by atoms with Crippen LogP contribution >= 0.6 is 0 Å². The Morgan fingerprint density at radius 1 is 1.00 bits per heavy atom. The summed E-state index contributed by atoms with van der Waals surface area (Å²) in [7, 11) is 1.62. The van der Waals surface area contributed by atoms with Crippen molar-refractivity contribution in [3.8, 4) is 5.75 Å². The van der Waals surface area contributed by atoms with Crippen molar-refractivity contribution >= 4 is 0 Å². The maximum Gasteiger partial charge on any atom is 0.118 e. The maximum atomic E-state index is 10.4. The maximum absolute atomic E-state index is 10.4. The topological polar surface area (TPSA) is 97.6 Å². The number of aliphatic hydroxyl groups is 3. The average molecular weight is 445 g/mol. The summed E-state index contributed by atoms with van der Waals surface area (Å²) in [5.74, 6) is 0.790. The summed E-state index contributed by atoms with van der Waals surface area (Å²) in [5.41, 5.74) is 2.03. The van der Waals surface area contributed by atoms with Crippen LogP contribution in [0.4, 0.5) is 0 Å². The third-order valence-electron chi connectivity index (χ3n) is 5.33. The minimum absolute atomic E-state index is 0.0732. The van der Waals surface area contributed by atoms with E-state index in [-0.39, 0.29) is 13.0 Å². The van der Waals surface area contributed by atoms with Crippen molar-refractivity contribution in [2.45, 2.75) is 50.2 Å². The molecule has 7 heteroatoms. The van der Waals surface area contributed by atoms with E-state index in [1.807, 2.05) is 54.6 Å². The van der Waals surface area contributed by atoms with Crippen LogP contribution in [-0.2, 0) is 27.4 Å². The summed E-state index contributed by atoms with van der Waals surface area (Å²) >= 11 is 0. The minimum atomic E-state index is -1.07. The minimum Gasteiger partial charge on any atom is -0.497 e. The number of benzene rings is 2. The van der Waals surface area contributed by atoms with Crippen LogP contribution in [-0.4, -0.2) is 66.2 Å². The number of rotatable bonds is 11. The van der Waals surface area contributed by atoms with Crippen LogP contribution in [0.1, 0.15) is 17.5 Å². The normalized spacial score (nSPS) is 24.5. The lowest BCUT2D eigenvalue weighted by Crippen LogP contribution is -2.51. The molecule has 2 aromatic rings. The lowest BCUT2D eigenvalue weighted by molar-refractivity contribution is -0.185. The van der Waals surface area contributed by atoms with Gasteiger partial charge in [-0.25, -0.2) is 0 Å². The molecule has 0 saturated carbocycles. The van der Waals surface area contributed by atoms with Gasteiger partial charge in [-0.15, -0.1) is 0 Å². The molecular weight excluding hydrogens is 412 g/mol. The van der Waals surface area contributed by atoms with Gasteiger partial charge in [0.1, 0.15) is 24.1 Å². The van der Waals surface area contributed by atoms with Gasteiger partial charge in [-0.05, 0) is 23.3 Å². The summed E-state index contributed by atoms with van der Waals surface area (Å²) in [5, 5.41) is 30.9. The second-order valence-corrected chi connectivity index (χ2v) is 7.79. The van der Waals surface area contributed by atoms with Crippen LogP contribution in [0.2, 0.25) is 0 Å². The van der Waals surface area contributed by atoms with Gasteiger partial charge in [0.2, 0.25) is 0 Å². The largest absolute Gasteiger partial charge is 0.497 e. The SMILES string of the molecule is COc1ccc(COC/C=C/[C@@H]2O[C@@H]([C@H](O)COCc3ccccc3)C[C@@H](O)[C@H]2O)cc1. The molecule has 5 atom stereocenters. The van der Waals surface area contributed by atoms with E-state index < -0.39 is 30.5 Å². The Morgan fingerprint density at radius 3 is 2.41 bits per heavy atom. The number of ether oxygens (including phenoxy) is 4. The summed E-state index contributed by atoms with van der Waals surface area (Å²) in [4.78, 5) is 0. The van der Waals surface area contributed by atoms with Gasteiger partial charge in [-0.2, -0.15) is 0 Å². The Balaban J connectivity index is 1.42. The molecule has 0 spiro atoms. The molecule has 7 nitrogen and oxygen atoms in total. The molecule has 1 saturated heterocycles. The first-order chi connectivity index (χ1) is 15.6. The number of aliphatic hydroxyl groups excluding tert-OH is 3. The van der Waals surface area contributed by atoms with Crippen LogP contribution in [0.15, 0.2) is 66.7 Å². The zero-order valence-corrected chi connectivity index (χ0v) is 18.2. The summed E-state index contributed by atoms with van der Waals surface area (Å²) in [6.07, 6.45) is -0.820. The van der Waals surface area contributed by atoms with Crippen molar-refractivity contribution in [2.75, 3.05) is 20.3 Å². The molecule has 32 heavy (non-hydrogen) atoms. The Morgan fingerprint density at radius 2 is 1.69 bits per heavy atom. The van der Waals surface area contributed by atoms with Crippen molar-refractivity contribution in [1.29, 1.82) is 0 Å². The van der Waals surface area contributed by atoms with E-state index in [9.17, 15) is 15.3 Å². The molecule has 0 unspecified atom stereocenters. The Bertz CT molecular complexity index is 809. The van der Waals surface area contributed by atoms with Crippen LogP contribution in [0.3, 0.4) is 0 Å². The number of methoxy groups -OCH3 is 1. The highest BCUT2D eigenvalue weighted by atomic mass is 16.5. The number of hydrogen-bond donors (Lipinski definition) is 3. The molecule has 3 N–H and O–H groups in total. The van der Waals surface area contributed by atoms with Crippen LogP contribution < -0.4 is 4.74 Å². The highest BCUT2D eigenvalue weighted by molar-refractivity contribution is 5.26. The molecule has 2 aromatic carbocycles. The predicted octanol–water partition coefficient (Wildman–Crippen LogP) is 2.22. The predicted molar refractivity (Wildman–Crippen MR) is 119 cm³/mol. The first-order valence-electron chi connectivity index (χ1n) is 10.8. The fraction of sp³-hybridized carbons (Fsp3) is 0.440. The van der Waals surface area contributed by atoms with E-state index in [2.05, 4.69) is 0 Å². The third kappa shape index (κ3) is 7.41. The van der Waals surface area contributed by atoms with E-state index >= 15 is 0 Å². The molecule has 0 bridgehead atoms. The van der Waals surface area contributed by atoms with Crippen molar-refractivity contribution in [3.63, 3.8) is 0 Å². The Hall–Kier alpha value is -2.26. The standard InChI is InChI=1S/C25H32O7/c1-29-20-11-9-19(10-12-20)15-30-13-5-8-23-25(28)21(26)14-24(32-23)22(27)17-31-16-18-6-3-2-4-7-18/h2-12,21-28H,13-17H2,1H3/b8-5+/t21-,22-,23+,24-,25-/m1/s1. The summed E-state index contributed by atoms with van der Waals surface area (Å²) in [6.45, 7) is 1.21. The average Bonchev–Trinajstić information content (AvgIpc) is 2.82. The van der Waals surface area contributed by atoms with Crippen molar-refractivity contribution < 1.29 is 34.3 Å². The zero-order valence-electron chi connectivity index (χ0n) is 18.2. The molecule has 0 amide bonds. The second kappa shape index (κ2) is 12.7. The van der Waals surface area contributed by atoms with Gasteiger partial charge in [0.05, 0.1) is 45.7 Å². The molecule has 1 heterocycles. The van der Waals surface area contributed by atoms with Gasteiger partial charge in [0, 0.05) is 6.42 Å². The van der Waals surface area contributed by atoms with Gasteiger partial charge in [-0.1, -0.05) is 54.6 Å². The van der Waals surface area contributed by atoms with Gasteiger partial charge in [0.25, 0.3) is 0 Å². The molecule has 0 radical (unpaired) electrons. The van der Waals surface area contributed by atoms with Gasteiger partial charge in [-0.3, -0.25) is 0 Å². The van der Waals surface area contributed by atoms with E-state index in [4.69, 9.17) is 18.9 Å². The molecule has 1 aliphatic heterocycles. The molecule has 0 aliphatic carbocycles. The molecule has 174 valence electrons. The van der Waals surface area contributed by atoms with Crippen LogP contribution in [0.5, 0.6) is 5.75 Å². The quantitative estimate of drug-likeness (QED) is 0.361. The van der Waals surface area contributed by atoms with Gasteiger partial charge >= 0.3 is 0 Å². The highest BCUT2D eigenvalue weighted by Gasteiger charge is 2.38. The van der Waals surface area contributed by atoms with E-state index in [1.54, 1.807) is 19.3 Å². The second-order valence-electron chi connectivity index (χ2n) is 7.79. The van der Waals surface area contributed by atoms with Crippen LogP contribution in [0, 0.1) is 0 Å². The van der Waals surface area contributed by atoms with E-state index in [1.165, 1.54) is 0 Å². The summed E-state index contributed by atoms with van der Waals surface area (Å²) < 4.78 is 22.2. The molecule has 1 fully saturated rings. The smallest absolute Gasteiger partial charge is 0.118 e. The molecular formula is C25H32O7. The molecule has 1 aliphatic rings. The van der Waals surface area contributed by atoms with Crippen molar-refractivity contribution in [1.82, 2.24) is 0 Å². The van der Waals surface area contributed by atoms with Crippen molar-refractivity contribution in [2.24, 2.45) is 0 Å². The lowest BCUT2D eigenvalue weighted by atomic mass is 9.95. The zero-order chi connectivity index (χ0) is 22.8. The molecule has 0 aromatic heterocycles. The Kier molecular flexibility index (Phi) is 9.67. The fourth-order valence-electron chi connectivity index (χ4n) is 3.48. The summed E-state index contributed by atoms with van der Waals surface area (Å²) in [6, 6.07) is 17.3. The number of hydrogen-bond acceptors (Lipinski definition) is 7. The first kappa shape index (κ1) is 24.4. The first-order valence-corrected chi connectivity index (χ1v) is 10.8. The van der Waals surface area contributed by atoms with E-state index in [0.29, 0.717) is 19.8 Å².